The quantitative estimate of drug-likeness (QED) is 0.178. The van der Waals surface area contributed by atoms with Crippen molar-refractivity contribution in [2.75, 3.05) is 19.8 Å². The Morgan fingerprint density at radius 1 is 0.848 bits per heavy atom. The molecule has 0 atom stereocenters. The van der Waals surface area contributed by atoms with E-state index in [9.17, 15) is 4.79 Å². The summed E-state index contributed by atoms with van der Waals surface area (Å²) in [5, 5.41) is 0. The van der Waals surface area contributed by atoms with E-state index >= 15 is 0 Å². The number of hydrogen-bond donors (Lipinski definition) is 0. The summed E-state index contributed by atoms with van der Waals surface area (Å²) in [5.41, 5.74) is 2.45. The highest BCUT2D eigenvalue weighted by molar-refractivity contribution is 6.06. The van der Waals surface area contributed by atoms with Gasteiger partial charge in [-0.3, -0.25) is 4.79 Å². The first-order valence-electron chi connectivity index (χ1n) is 12.2. The van der Waals surface area contributed by atoms with E-state index in [1.54, 1.807) is 18.2 Å². The molecule has 0 radical (unpaired) electrons. The van der Waals surface area contributed by atoms with Gasteiger partial charge in [0.2, 0.25) is 0 Å². The van der Waals surface area contributed by atoms with Crippen LogP contribution in [0.4, 0.5) is 0 Å². The second-order valence-corrected chi connectivity index (χ2v) is 9.20. The van der Waals surface area contributed by atoms with E-state index in [0.717, 1.165) is 54.1 Å². The van der Waals surface area contributed by atoms with Crippen LogP contribution in [0, 0.1) is 0 Å². The van der Waals surface area contributed by atoms with Crippen molar-refractivity contribution in [3.8, 4) is 17.2 Å². The number of allylic oxidation sites excluding steroid dienone is 1. The first-order valence-corrected chi connectivity index (χ1v) is 12.2. The van der Waals surface area contributed by atoms with Crippen LogP contribution < -0.4 is 14.2 Å². The van der Waals surface area contributed by atoms with Gasteiger partial charge in [-0.05, 0) is 73.2 Å². The highest BCUT2D eigenvalue weighted by Gasteiger charge is 2.25. The number of unbranched alkanes of at least 4 members (excludes halogenated alkanes) is 2. The van der Waals surface area contributed by atoms with E-state index in [1.807, 2.05) is 37.3 Å². The van der Waals surface area contributed by atoms with Crippen molar-refractivity contribution in [1.82, 2.24) is 0 Å². The van der Waals surface area contributed by atoms with Crippen molar-refractivity contribution in [2.45, 2.75) is 72.6 Å². The van der Waals surface area contributed by atoms with Gasteiger partial charge in [0.15, 0.2) is 5.78 Å². The van der Waals surface area contributed by atoms with Crippen molar-refractivity contribution >= 4 is 11.9 Å². The fourth-order valence-corrected chi connectivity index (χ4v) is 3.48. The normalized spacial score (nSPS) is 11.6. The number of ketones is 1. The Bertz CT molecular complexity index is 873. The topological polar surface area (TPSA) is 44.8 Å². The standard InChI is InChI=1S/C29H40O4/c1-7-10-18-32-26-20-22(21-27(33-19-11-8-2)28(26)29(4,5)6)12-17-25(30)23-13-15-24(16-14-23)31-9-3/h12-17,20-21H,7-11,18-19H2,1-6H3/b17-12+. The number of carbonyl (C=O) groups is 1. The van der Waals surface area contributed by atoms with Crippen LogP contribution in [-0.4, -0.2) is 25.6 Å². The molecule has 0 fully saturated rings. The molecule has 0 aliphatic carbocycles. The van der Waals surface area contributed by atoms with E-state index in [2.05, 4.69) is 34.6 Å². The summed E-state index contributed by atoms with van der Waals surface area (Å²) in [6.07, 6.45) is 7.57. The third kappa shape index (κ3) is 8.27. The molecule has 0 N–H and O–H groups in total. The minimum absolute atomic E-state index is 0.0557. The average molecular weight is 453 g/mol. The third-order valence-electron chi connectivity index (χ3n) is 5.23. The van der Waals surface area contributed by atoms with Gasteiger partial charge in [0.1, 0.15) is 17.2 Å². The van der Waals surface area contributed by atoms with E-state index in [1.165, 1.54) is 0 Å². The van der Waals surface area contributed by atoms with Crippen LogP contribution >= 0.6 is 0 Å². The second kappa shape index (κ2) is 13.1. The molecule has 0 heterocycles. The lowest BCUT2D eigenvalue weighted by atomic mass is 9.84. The van der Waals surface area contributed by atoms with Gasteiger partial charge in [-0.15, -0.1) is 0 Å². The van der Waals surface area contributed by atoms with Crippen molar-refractivity contribution < 1.29 is 19.0 Å². The molecule has 0 aromatic heterocycles. The molecule has 2 aromatic carbocycles. The fraction of sp³-hybridized carbons (Fsp3) is 0.483. The third-order valence-corrected chi connectivity index (χ3v) is 5.23. The Hall–Kier alpha value is -2.75. The Morgan fingerprint density at radius 3 is 1.85 bits per heavy atom. The van der Waals surface area contributed by atoms with Crippen LogP contribution in [0.25, 0.3) is 6.08 Å². The lowest BCUT2D eigenvalue weighted by molar-refractivity contribution is 0.104. The van der Waals surface area contributed by atoms with Gasteiger partial charge < -0.3 is 14.2 Å². The van der Waals surface area contributed by atoms with Gasteiger partial charge in [0.05, 0.1) is 19.8 Å². The number of carbonyl (C=O) groups excluding carboxylic acids is 1. The number of benzene rings is 2. The van der Waals surface area contributed by atoms with Gasteiger partial charge in [0, 0.05) is 11.1 Å². The smallest absolute Gasteiger partial charge is 0.185 e. The van der Waals surface area contributed by atoms with Crippen molar-refractivity contribution in [1.29, 1.82) is 0 Å². The van der Waals surface area contributed by atoms with Crippen molar-refractivity contribution in [3.63, 3.8) is 0 Å². The van der Waals surface area contributed by atoms with Gasteiger partial charge in [0.25, 0.3) is 0 Å². The van der Waals surface area contributed by atoms with Gasteiger partial charge >= 0.3 is 0 Å². The Balaban J connectivity index is 2.36. The van der Waals surface area contributed by atoms with Crippen molar-refractivity contribution in [2.24, 2.45) is 0 Å². The summed E-state index contributed by atoms with van der Waals surface area (Å²) in [7, 11) is 0. The van der Waals surface area contributed by atoms with Crippen LogP contribution in [0.2, 0.25) is 0 Å². The first kappa shape index (κ1) is 26.5. The monoisotopic (exact) mass is 452 g/mol. The minimum Gasteiger partial charge on any atom is -0.494 e. The zero-order chi connectivity index (χ0) is 24.3. The zero-order valence-corrected chi connectivity index (χ0v) is 21.2. The Kier molecular flexibility index (Phi) is 10.5. The molecule has 0 saturated heterocycles. The molecule has 4 nitrogen and oxygen atoms in total. The van der Waals surface area contributed by atoms with Crippen LogP contribution in [0.5, 0.6) is 17.2 Å². The summed E-state index contributed by atoms with van der Waals surface area (Å²) in [5.74, 6) is 2.37. The molecular weight excluding hydrogens is 412 g/mol. The Morgan fingerprint density at radius 2 is 1.39 bits per heavy atom. The molecular formula is C29H40O4. The lowest BCUT2D eigenvalue weighted by Gasteiger charge is -2.26. The predicted octanol–water partition coefficient (Wildman–Crippen LogP) is 7.64. The molecule has 0 spiro atoms. The fourth-order valence-electron chi connectivity index (χ4n) is 3.48. The lowest BCUT2D eigenvalue weighted by Crippen LogP contribution is -2.17. The number of hydrogen-bond acceptors (Lipinski definition) is 4. The van der Waals surface area contributed by atoms with E-state index < -0.39 is 0 Å². The highest BCUT2D eigenvalue weighted by Crippen LogP contribution is 2.40. The summed E-state index contributed by atoms with van der Waals surface area (Å²) < 4.78 is 17.9. The van der Waals surface area contributed by atoms with Crippen LogP contribution in [0.3, 0.4) is 0 Å². The molecule has 0 amide bonds. The van der Waals surface area contributed by atoms with Crippen molar-refractivity contribution in [3.05, 3.63) is 59.2 Å². The van der Waals surface area contributed by atoms with Gasteiger partial charge in [-0.25, -0.2) is 0 Å². The molecule has 180 valence electrons. The number of ether oxygens (including phenoxy) is 3. The van der Waals surface area contributed by atoms with E-state index in [0.29, 0.717) is 25.4 Å². The molecule has 4 heteroatoms. The first-order chi connectivity index (χ1) is 15.8. The summed E-state index contributed by atoms with van der Waals surface area (Å²) in [6.45, 7) is 14.7. The molecule has 0 aliphatic heterocycles. The predicted molar refractivity (Wildman–Crippen MR) is 137 cm³/mol. The number of rotatable bonds is 13. The van der Waals surface area contributed by atoms with E-state index in [4.69, 9.17) is 14.2 Å². The maximum absolute atomic E-state index is 12.7. The van der Waals surface area contributed by atoms with Crippen LogP contribution in [-0.2, 0) is 5.41 Å². The second-order valence-electron chi connectivity index (χ2n) is 9.20. The largest absolute Gasteiger partial charge is 0.494 e. The molecule has 0 saturated carbocycles. The maximum atomic E-state index is 12.7. The molecule has 0 aliphatic rings. The summed E-state index contributed by atoms with van der Waals surface area (Å²) in [6, 6.07) is 11.3. The highest BCUT2D eigenvalue weighted by atomic mass is 16.5. The summed E-state index contributed by atoms with van der Waals surface area (Å²) in [4.78, 5) is 12.7. The maximum Gasteiger partial charge on any atom is 0.185 e. The van der Waals surface area contributed by atoms with Gasteiger partial charge in [-0.1, -0.05) is 53.5 Å². The Labute approximate surface area is 200 Å². The average Bonchev–Trinajstić information content (AvgIpc) is 2.77. The molecule has 2 aromatic rings. The summed E-state index contributed by atoms with van der Waals surface area (Å²) >= 11 is 0. The molecule has 2 rings (SSSR count). The SMILES string of the molecule is CCCCOc1cc(/C=C/C(=O)c2ccc(OCC)cc2)cc(OCCCC)c1C(C)(C)C. The minimum atomic E-state index is -0.135. The molecule has 33 heavy (non-hydrogen) atoms. The van der Waals surface area contributed by atoms with Crippen LogP contribution in [0.15, 0.2) is 42.5 Å². The van der Waals surface area contributed by atoms with E-state index in [-0.39, 0.29) is 11.2 Å². The van der Waals surface area contributed by atoms with Gasteiger partial charge in [-0.2, -0.15) is 0 Å². The molecule has 0 unspecified atom stereocenters. The van der Waals surface area contributed by atoms with Crippen LogP contribution in [0.1, 0.15) is 88.7 Å². The zero-order valence-electron chi connectivity index (χ0n) is 21.2. The molecule has 0 bridgehead atoms.